The molecule has 4 heteroatoms. The first-order chi connectivity index (χ1) is 10.7. The van der Waals surface area contributed by atoms with Crippen molar-refractivity contribution in [2.45, 2.75) is 19.4 Å². The predicted molar refractivity (Wildman–Crippen MR) is 88.2 cm³/mol. The molecule has 0 saturated carbocycles. The number of hydrogen-bond acceptors (Lipinski definition) is 3. The van der Waals surface area contributed by atoms with Crippen LogP contribution in [0, 0.1) is 0 Å². The number of aliphatic hydroxyl groups is 1. The van der Waals surface area contributed by atoms with Gasteiger partial charge in [0, 0.05) is 6.20 Å². The number of amides is 1. The number of benzene rings is 1. The van der Waals surface area contributed by atoms with Crippen molar-refractivity contribution in [1.82, 2.24) is 10.3 Å². The molecule has 0 spiro atoms. The van der Waals surface area contributed by atoms with Crippen LogP contribution in [0.3, 0.4) is 0 Å². The summed E-state index contributed by atoms with van der Waals surface area (Å²) >= 11 is 0. The maximum Gasteiger partial charge on any atom is 0.253 e. The van der Waals surface area contributed by atoms with E-state index in [9.17, 15) is 4.79 Å². The van der Waals surface area contributed by atoms with Crippen LogP contribution in [-0.4, -0.2) is 28.6 Å². The van der Waals surface area contributed by atoms with Crippen molar-refractivity contribution in [2.75, 3.05) is 6.61 Å². The van der Waals surface area contributed by atoms with Gasteiger partial charge < -0.3 is 10.4 Å². The number of pyridine rings is 1. The second-order valence-corrected chi connectivity index (χ2v) is 4.98. The molecule has 1 atom stereocenters. The molecule has 1 aromatic heterocycles. The fraction of sp³-hybridized carbons (Fsp3) is 0.222. The molecule has 1 amide bonds. The highest BCUT2D eigenvalue weighted by atomic mass is 16.3. The summed E-state index contributed by atoms with van der Waals surface area (Å²) in [6.45, 7) is 1.85. The number of aromatic nitrogens is 1. The van der Waals surface area contributed by atoms with Crippen molar-refractivity contribution in [1.29, 1.82) is 0 Å². The summed E-state index contributed by atoms with van der Waals surface area (Å²) in [7, 11) is 0. The highest BCUT2D eigenvalue weighted by molar-refractivity contribution is 5.94. The van der Waals surface area contributed by atoms with Crippen molar-refractivity contribution in [3.8, 4) is 0 Å². The summed E-state index contributed by atoms with van der Waals surface area (Å²) < 4.78 is 0. The second kappa shape index (κ2) is 8.10. The summed E-state index contributed by atoms with van der Waals surface area (Å²) in [5.74, 6) is -0.216. The topological polar surface area (TPSA) is 62.2 Å². The summed E-state index contributed by atoms with van der Waals surface area (Å²) in [6, 6.07) is 13.3. The number of aliphatic hydroxyl groups excluding tert-OH is 1. The Balaban J connectivity index is 2.01. The van der Waals surface area contributed by atoms with Gasteiger partial charge >= 0.3 is 0 Å². The van der Waals surface area contributed by atoms with Gasteiger partial charge in [0.05, 0.1) is 23.9 Å². The summed E-state index contributed by atoms with van der Waals surface area (Å²) in [6.07, 6.45) is 6.11. The van der Waals surface area contributed by atoms with Crippen LogP contribution in [-0.2, 0) is 0 Å². The predicted octanol–water partition coefficient (Wildman–Crippen LogP) is 2.75. The normalized spacial score (nSPS) is 12.3. The third-order valence-electron chi connectivity index (χ3n) is 3.34. The Morgan fingerprint density at radius 3 is 2.59 bits per heavy atom. The highest BCUT2D eigenvalue weighted by Crippen LogP contribution is 2.07. The van der Waals surface area contributed by atoms with Gasteiger partial charge in [0.15, 0.2) is 0 Å². The van der Waals surface area contributed by atoms with E-state index in [2.05, 4.69) is 10.3 Å². The molecule has 114 valence electrons. The van der Waals surface area contributed by atoms with Crippen LogP contribution in [0.15, 0.2) is 48.7 Å². The molecule has 22 heavy (non-hydrogen) atoms. The molecule has 4 nitrogen and oxygen atoms in total. The van der Waals surface area contributed by atoms with E-state index in [0.29, 0.717) is 12.0 Å². The molecule has 0 aliphatic rings. The van der Waals surface area contributed by atoms with E-state index < -0.39 is 0 Å². The minimum absolute atomic E-state index is 0.0619. The zero-order valence-electron chi connectivity index (χ0n) is 12.6. The number of nitrogens with one attached hydrogen (secondary N) is 1. The Bertz CT molecular complexity index is 617. The maximum absolute atomic E-state index is 12.0. The Morgan fingerprint density at radius 1 is 1.23 bits per heavy atom. The Hall–Kier alpha value is -2.46. The van der Waals surface area contributed by atoms with Crippen molar-refractivity contribution in [3.63, 3.8) is 0 Å². The first-order valence-electron chi connectivity index (χ1n) is 7.34. The van der Waals surface area contributed by atoms with Crippen LogP contribution in [0.5, 0.6) is 0 Å². The van der Waals surface area contributed by atoms with Crippen LogP contribution < -0.4 is 5.32 Å². The molecule has 2 N–H and O–H groups in total. The zero-order valence-corrected chi connectivity index (χ0v) is 12.6. The van der Waals surface area contributed by atoms with Gasteiger partial charge in [-0.05, 0) is 30.2 Å². The van der Waals surface area contributed by atoms with Crippen LogP contribution >= 0.6 is 0 Å². The smallest absolute Gasteiger partial charge is 0.253 e. The average molecular weight is 296 g/mol. The van der Waals surface area contributed by atoms with E-state index in [4.69, 9.17) is 5.11 Å². The van der Waals surface area contributed by atoms with Gasteiger partial charge in [0.2, 0.25) is 0 Å². The minimum Gasteiger partial charge on any atom is -0.394 e. The molecular formula is C18H20N2O2. The van der Waals surface area contributed by atoms with Gasteiger partial charge in [0.25, 0.3) is 5.91 Å². The van der Waals surface area contributed by atoms with Crippen molar-refractivity contribution in [2.24, 2.45) is 0 Å². The fourth-order valence-electron chi connectivity index (χ4n) is 1.93. The molecule has 0 aliphatic heterocycles. The van der Waals surface area contributed by atoms with Crippen molar-refractivity contribution >= 4 is 18.1 Å². The molecule has 1 heterocycles. The minimum atomic E-state index is -0.217. The summed E-state index contributed by atoms with van der Waals surface area (Å²) in [5, 5.41) is 11.9. The van der Waals surface area contributed by atoms with Gasteiger partial charge in [0.1, 0.15) is 0 Å². The van der Waals surface area contributed by atoms with E-state index in [1.807, 2.05) is 49.4 Å². The van der Waals surface area contributed by atoms with Gasteiger partial charge in [-0.3, -0.25) is 9.78 Å². The standard InChI is InChI=1S/C18H20N2O2/c1-2-16(13-21)20-18(22)15-9-11-17(19-12-15)10-8-14-6-4-3-5-7-14/h3-12,16,21H,2,13H2,1H3,(H,20,22). The van der Waals surface area contributed by atoms with Gasteiger partial charge in [-0.2, -0.15) is 0 Å². The van der Waals surface area contributed by atoms with Gasteiger partial charge in [-0.15, -0.1) is 0 Å². The molecule has 0 fully saturated rings. The Labute approximate surface area is 130 Å². The van der Waals surface area contributed by atoms with E-state index in [1.165, 1.54) is 0 Å². The van der Waals surface area contributed by atoms with E-state index in [1.54, 1.807) is 18.3 Å². The van der Waals surface area contributed by atoms with Crippen LogP contribution in [0.2, 0.25) is 0 Å². The lowest BCUT2D eigenvalue weighted by atomic mass is 10.1. The Morgan fingerprint density at radius 2 is 2.00 bits per heavy atom. The van der Waals surface area contributed by atoms with Crippen LogP contribution in [0.4, 0.5) is 0 Å². The zero-order chi connectivity index (χ0) is 15.8. The van der Waals surface area contributed by atoms with Crippen molar-refractivity contribution in [3.05, 3.63) is 65.5 Å². The molecular weight excluding hydrogens is 276 g/mol. The fourth-order valence-corrected chi connectivity index (χ4v) is 1.93. The number of nitrogens with zero attached hydrogens (tertiary/aromatic N) is 1. The maximum atomic E-state index is 12.0. The van der Waals surface area contributed by atoms with Crippen LogP contribution in [0.1, 0.15) is 35.0 Å². The van der Waals surface area contributed by atoms with E-state index in [0.717, 1.165) is 11.3 Å². The summed E-state index contributed by atoms with van der Waals surface area (Å²) in [4.78, 5) is 16.2. The number of carbonyl (C=O) groups excluding carboxylic acids is 1. The van der Waals surface area contributed by atoms with Gasteiger partial charge in [-0.25, -0.2) is 0 Å². The molecule has 2 rings (SSSR count). The molecule has 0 saturated heterocycles. The molecule has 0 radical (unpaired) electrons. The molecule has 1 aromatic carbocycles. The lowest BCUT2D eigenvalue weighted by Gasteiger charge is -2.13. The number of rotatable bonds is 6. The van der Waals surface area contributed by atoms with E-state index in [-0.39, 0.29) is 18.6 Å². The molecule has 0 bridgehead atoms. The monoisotopic (exact) mass is 296 g/mol. The molecule has 2 aromatic rings. The molecule has 1 unspecified atom stereocenters. The second-order valence-electron chi connectivity index (χ2n) is 4.98. The number of carbonyl (C=O) groups is 1. The highest BCUT2D eigenvalue weighted by Gasteiger charge is 2.11. The number of hydrogen-bond donors (Lipinski definition) is 2. The summed E-state index contributed by atoms with van der Waals surface area (Å²) in [5.41, 5.74) is 2.37. The average Bonchev–Trinajstić information content (AvgIpc) is 2.59. The lowest BCUT2D eigenvalue weighted by Crippen LogP contribution is -2.36. The lowest BCUT2D eigenvalue weighted by molar-refractivity contribution is 0.0914. The first-order valence-corrected chi connectivity index (χ1v) is 7.34. The largest absolute Gasteiger partial charge is 0.394 e. The first kappa shape index (κ1) is 15.9. The SMILES string of the molecule is CCC(CO)NC(=O)c1ccc(C=Cc2ccccc2)nc1. The third-order valence-corrected chi connectivity index (χ3v) is 3.34. The van der Waals surface area contributed by atoms with Crippen molar-refractivity contribution < 1.29 is 9.90 Å². The molecule has 0 aliphatic carbocycles. The quantitative estimate of drug-likeness (QED) is 0.861. The van der Waals surface area contributed by atoms with E-state index >= 15 is 0 Å². The van der Waals surface area contributed by atoms with Gasteiger partial charge in [-0.1, -0.05) is 43.3 Å². The third kappa shape index (κ3) is 4.53. The Kier molecular flexibility index (Phi) is 5.86. The van der Waals surface area contributed by atoms with Crippen LogP contribution in [0.25, 0.3) is 12.2 Å².